The number of hydrogen-bond donors (Lipinski definition) is 1. The van der Waals surface area contributed by atoms with Crippen molar-refractivity contribution >= 4 is 18.1 Å². The standard InChI is InChI=1S/C16H20N4OS/c1-12-6-5-7-13(10-12)15-17-18-16(22)20(15)11-14(21)19-8-3-2-4-9-19/h5-7,10H,2-4,8-9,11H2,1H3,(H,18,22). The molecule has 3 rings (SSSR count). The summed E-state index contributed by atoms with van der Waals surface area (Å²) in [4.78, 5) is 14.4. The Balaban J connectivity index is 1.86. The number of nitrogens with zero attached hydrogens (tertiary/aromatic N) is 3. The van der Waals surface area contributed by atoms with Crippen LogP contribution in [-0.4, -0.2) is 38.7 Å². The van der Waals surface area contributed by atoms with Crippen LogP contribution >= 0.6 is 12.2 Å². The van der Waals surface area contributed by atoms with Crippen molar-refractivity contribution in [1.82, 2.24) is 19.7 Å². The number of likely N-dealkylation sites (tertiary alicyclic amines) is 1. The highest BCUT2D eigenvalue weighted by atomic mass is 32.1. The zero-order chi connectivity index (χ0) is 15.5. The molecule has 1 aliphatic rings. The van der Waals surface area contributed by atoms with Crippen LogP contribution in [-0.2, 0) is 11.3 Å². The molecule has 2 heterocycles. The number of aromatic amines is 1. The Morgan fingerprint density at radius 3 is 2.82 bits per heavy atom. The Morgan fingerprint density at radius 1 is 1.32 bits per heavy atom. The fourth-order valence-corrected chi connectivity index (χ4v) is 3.04. The van der Waals surface area contributed by atoms with Crippen LogP contribution in [0.4, 0.5) is 0 Å². The number of rotatable bonds is 3. The van der Waals surface area contributed by atoms with Gasteiger partial charge in [0.1, 0.15) is 6.54 Å². The Bertz CT molecular complexity index is 728. The van der Waals surface area contributed by atoms with Crippen molar-refractivity contribution < 1.29 is 4.79 Å². The summed E-state index contributed by atoms with van der Waals surface area (Å²) in [5.74, 6) is 0.838. The number of hydrogen-bond acceptors (Lipinski definition) is 3. The van der Waals surface area contributed by atoms with E-state index < -0.39 is 0 Å². The molecule has 1 aliphatic heterocycles. The van der Waals surface area contributed by atoms with E-state index in [-0.39, 0.29) is 12.5 Å². The van der Waals surface area contributed by atoms with Crippen molar-refractivity contribution in [2.24, 2.45) is 0 Å². The molecule has 1 amide bonds. The summed E-state index contributed by atoms with van der Waals surface area (Å²) in [6.45, 7) is 3.99. The second-order valence-electron chi connectivity index (χ2n) is 5.75. The maximum atomic E-state index is 12.5. The molecule has 0 bridgehead atoms. The Labute approximate surface area is 135 Å². The topological polar surface area (TPSA) is 53.9 Å². The Morgan fingerprint density at radius 2 is 2.09 bits per heavy atom. The number of carbonyl (C=O) groups is 1. The third kappa shape index (κ3) is 3.11. The van der Waals surface area contributed by atoms with E-state index in [1.165, 1.54) is 6.42 Å². The SMILES string of the molecule is Cc1cccc(-c2n[nH]c(=S)n2CC(=O)N2CCCCC2)c1. The fourth-order valence-electron chi connectivity index (χ4n) is 2.85. The normalized spacial score (nSPS) is 15.0. The molecular formula is C16H20N4OS. The van der Waals surface area contributed by atoms with Crippen molar-refractivity contribution in [3.05, 3.63) is 34.6 Å². The van der Waals surface area contributed by atoms with E-state index >= 15 is 0 Å². The molecule has 116 valence electrons. The number of aryl methyl sites for hydroxylation is 1. The van der Waals surface area contributed by atoms with E-state index in [1.807, 2.05) is 36.1 Å². The molecule has 6 heteroatoms. The van der Waals surface area contributed by atoms with Gasteiger partial charge in [-0.15, -0.1) is 0 Å². The van der Waals surface area contributed by atoms with Gasteiger partial charge in [-0.05, 0) is 44.5 Å². The zero-order valence-electron chi connectivity index (χ0n) is 12.7. The second kappa shape index (κ2) is 6.44. The lowest BCUT2D eigenvalue weighted by Gasteiger charge is -2.26. The van der Waals surface area contributed by atoms with Crippen LogP contribution in [0.5, 0.6) is 0 Å². The highest BCUT2D eigenvalue weighted by Gasteiger charge is 2.19. The molecule has 1 aromatic carbocycles. The summed E-state index contributed by atoms with van der Waals surface area (Å²) >= 11 is 5.30. The number of aromatic nitrogens is 3. The molecule has 0 saturated carbocycles. The van der Waals surface area contributed by atoms with Gasteiger partial charge in [0.05, 0.1) is 0 Å². The van der Waals surface area contributed by atoms with E-state index in [9.17, 15) is 4.79 Å². The molecule has 0 radical (unpaired) electrons. The number of H-pyrrole nitrogens is 1. The molecular weight excluding hydrogens is 296 g/mol. The lowest BCUT2D eigenvalue weighted by atomic mass is 10.1. The van der Waals surface area contributed by atoms with Gasteiger partial charge in [0.2, 0.25) is 5.91 Å². The molecule has 1 saturated heterocycles. The maximum Gasteiger partial charge on any atom is 0.242 e. The molecule has 1 fully saturated rings. The van der Waals surface area contributed by atoms with Crippen molar-refractivity contribution in [3.63, 3.8) is 0 Å². The quantitative estimate of drug-likeness (QED) is 0.886. The lowest BCUT2D eigenvalue weighted by molar-refractivity contribution is -0.132. The maximum absolute atomic E-state index is 12.5. The summed E-state index contributed by atoms with van der Waals surface area (Å²) < 4.78 is 2.28. The molecule has 1 aromatic heterocycles. The van der Waals surface area contributed by atoms with E-state index in [0.717, 1.165) is 42.9 Å². The third-order valence-electron chi connectivity index (χ3n) is 4.04. The van der Waals surface area contributed by atoms with Gasteiger partial charge in [-0.1, -0.05) is 23.8 Å². The third-order valence-corrected chi connectivity index (χ3v) is 4.35. The van der Waals surface area contributed by atoms with E-state index in [1.54, 1.807) is 4.57 Å². The minimum atomic E-state index is 0.117. The Kier molecular flexibility index (Phi) is 4.38. The highest BCUT2D eigenvalue weighted by Crippen LogP contribution is 2.19. The first-order valence-corrected chi connectivity index (χ1v) is 8.06. The van der Waals surface area contributed by atoms with Crippen LogP contribution in [0.1, 0.15) is 24.8 Å². The van der Waals surface area contributed by atoms with Gasteiger partial charge in [0.15, 0.2) is 10.6 Å². The molecule has 2 aromatic rings. The number of nitrogens with one attached hydrogen (secondary N) is 1. The van der Waals surface area contributed by atoms with E-state index in [2.05, 4.69) is 10.2 Å². The van der Waals surface area contributed by atoms with Crippen LogP contribution in [0, 0.1) is 11.7 Å². The van der Waals surface area contributed by atoms with Crippen molar-refractivity contribution in [3.8, 4) is 11.4 Å². The van der Waals surface area contributed by atoms with Gasteiger partial charge < -0.3 is 4.90 Å². The summed E-state index contributed by atoms with van der Waals surface area (Å²) in [6, 6.07) is 8.06. The Hall–Kier alpha value is -1.95. The van der Waals surface area contributed by atoms with Crippen molar-refractivity contribution in [1.29, 1.82) is 0 Å². The molecule has 0 aliphatic carbocycles. The monoisotopic (exact) mass is 316 g/mol. The van der Waals surface area contributed by atoms with Crippen LogP contribution in [0.25, 0.3) is 11.4 Å². The molecule has 5 nitrogen and oxygen atoms in total. The summed E-state index contributed by atoms with van der Waals surface area (Å²) in [6.07, 6.45) is 3.39. The lowest BCUT2D eigenvalue weighted by Crippen LogP contribution is -2.37. The second-order valence-corrected chi connectivity index (χ2v) is 6.14. The largest absolute Gasteiger partial charge is 0.341 e. The smallest absolute Gasteiger partial charge is 0.242 e. The minimum Gasteiger partial charge on any atom is -0.341 e. The molecule has 0 unspecified atom stereocenters. The summed E-state index contributed by atoms with van der Waals surface area (Å²) in [5.41, 5.74) is 2.12. The van der Waals surface area contributed by atoms with Crippen LogP contribution < -0.4 is 0 Å². The van der Waals surface area contributed by atoms with Gasteiger partial charge in [0, 0.05) is 18.7 Å². The van der Waals surface area contributed by atoms with Gasteiger partial charge >= 0.3 is 0 Å². The highest BCUT2D eigenvalue weighted by molar-refractivity contribution is 7.71. The molecule has 22 heavy (non-hydrogen) atoms. The van der Waals surface area contributed by atoms with Gasteiger partial charge in [-0.3, -0.25) is 14.5 Å². The number of benzene rings is 1. The number of piperidine rings is 1. The predicted molar refractivity (Wildman–Crippen MR) is 88.0 cm³/mol. The average molecular weight is 316 g/mol. The van der Waals surface area contributed by atoms with Crippen molar-refractivity contribution in [2.45, 2.75) is 32.7 Å². The summed E-state index contributed by atoms with van der Waals surface area (Å²) in [7, 11) is 0. The first-order chi connectivity index (χ1) is 10.6. The number of amides is 1. The summed E-state index contributed by atoms with van der Waals surface area (Å²) in [5, 5.41) is 7.11. The minimum absolute atomic E-state index is 0.117. The molecule has 0 atom stereocenters. The zero-order valence-corrected chi connectivity index (χ0v) is 13.5. The van der Waals surface area contributed by atoms with Crippen LogP contribution in [0.15, 0.2) is 24.3 Å². The van der Waals surface area contributed by atoms with Crippen LogP contribution in [0.2, 0.25) is 0 Å². The number of carbonyl (C=O) groups excluding carboxylic acids is 1. The predicted octanol–water partition coefficient (Wildman–Crippen LogP) is 2.93. The van der Waals surface area contributed by atoms with E-state index in [4.69, 9.17) is 12.2 Å². The van der Waals surface area contributed by atoms with Gasteiger partial charge in [-0.2, -0.15) is 5.10 Å². The van der Waals surface area contributed by atoms with Crippen LogP contribution in [0.3, 0.4) is 0 Å². The molecule has 0 spiro atoms. The van der Waals surface area contributed by atoms with Crippen molar-refractivity contribution in [2.75, 3.05) is 13.1 Å². The van der Waals surface area contributed by atoms with Gasteiger partial charge in [0.25, 0.3) is 0 Å². The average Bonchev–Trinajstić information content (AvgIpc) is 2.89. The first kappa shape index (κ1) is 15.0. The van der Waals surface area contributed by atoms with Gasteiger partial charge in [-0.25, -0.2) is 0 Å². The van der Waals surface area contributed by atoms with E-state index in [0.29, 0.717) is 4.77 Å². The first-order valence-electron chi connectivity index (χ1n) is 7.65. The fraction of sp³-hybridized carbons (Fsp3) is 0.438. The molecule has 1 N–H and O–H groups in total.